The molecule has 102 valence electrons. The van der Waals surface area contributed by atoms with E-state index >= 15 is 0 Å². The molecule has 2 nitrogen and oxygen atoms in total. The number of aromatic nitrogens is 1. The van der Waals surface area contributed by atoms with Crippen molar-refractivity contribution < 1.29 is 4.39 Å². The summed E-state index contributed by atoms with van der Waals surface area (Å²) in [6.07, 6.45) is 1.87. The molecule has 1 aromatic heterocycles. The molecule has 1 atom stereocenters. The van der Waals surface area contributed by atoms with Crippen molar-refractivity contribution in [1.82, 2.24) is 10.3 Å². The quantitative estimate of drug-likeness (QED) is 0.845. The molecule has 0 saturated carbocycles. The van der Waals surface area contributed by atoms with Gasteiger partial charge in [-0.15, -0.1) is 11.3 Å². The molecule has 1 heterocycles. The van der Waals surface area contributed by atoms with Crippen LogP contribution in [-0.2, 0) is 6.42 Å². The maximum Gasteiger partial charge on any atom is 0.124 e. The fourth-order valence-electron chi connectivity index (χ4n) is 1.90. The van der Waals surface area contributed by atoms with E-state index in [-0.39, 0.29) is 11.9 Å². The number of nitrogens with zero attached hydrogens (tertiary/aromatic N) is 1. The molecule has 0 amide bonds. The lowest BCUT2D eigenvalue weighted by atomic mass is 10.0. The molecule has 1 unspecified atom stereocenters. The maximum atomic E-state index is 13.1. The van der Waals surface area contributed by atoms with Gasteiger partial charge in [-0.1, -0.05) is 28.9 Å². The van der Waals surface area contributed by atoms with Gasteiger partial charge in [0.25, 0.3) is 0 Å². The van der Waals surface area contributed by atoms with Crippen LogP contribution in [0, 0.1) is 5.82 Å². The SMILES string of the molecule is CCCNC(Cc1ccc(F)cc1Br)c1cscn1. The summed E-state index contributed by atoms with van der Waals surface area (Å²) < 4.78 is 13.9. The van der Waals surface area contributed by atoms with Crippen LogP contribution < -0.4 is 5.32 Å². The third-order valence-electron chi connectivity index (χ3n) is 2.89. The summed E-state index contributed by atoms with van der Waals surface area (Å²) in [7, 11) is 0. The average Bonchev–Trinajstić information content (AvgIpc) is 2.90. The lowest BCUT2D eigenvalue weighted by Gasteiger charge is -2.17. The second kappa shape index (κ2) is 7.12. The van der Waals surface area contributed by atoms with Crippen LogP contribution in [0.3, 0.4) is 0 Å². The van der Waals surface area contributed by atoms with Crippen LogP contribution in [-0.4, -0.2) is 11.5 Å². The Kier molecular flexibility index (Phi) is 5.48. The van der Waals surface area contributed by atoms with Crippen molar-refractivity contribution in [3.05, 3.63) is 50.6 Å². The van der Waals surface area contributed by atoms with Crippen LogP contribution >= 0.6 is 27.3 Å². The van der Waals surface area contributed by atoms with Gasteiger partial charge >= 0.3 is 0 Å². The number of halogens is 2. The summed E-state index contributed by atoms with van der Waals surface area (Å²) in [5, 5.41) is 5.55. The standard InChI is InChI=1S/C14H16BrFN2S/c1-2-5-17-13(14-8-19-9-18-14)6-10-3-4-11(16)7-12(10)15/h3-4,7-9,13,17H,2,5-6H2,1H3. The molecule has 1 aromatic carbocycles. The first-order chi connectivity index (χ1) is 9.20. The van der Waals surface area contributed by atoms with E-state index in [1.165, 1.54) is 12.1 Å². The van der Waals surface area contributed by atoms with Crippen molar-refractivity contribution in [3.63, 3.8) is 0 Å². The summed E-state index contributed by atoms with van der Waals surface area (Å²) >= 11 is 5.02. The second-order valence-corrected chi connectivity index (χ2v) is 5.93. The average molecular weight is 343 g/mol. The summed E-state index contributed by atoms with van der Waals surface area (Å²) in [6.45, 7) is 3.08. The molecule has 0 aliphatic rings. The Bertz CT molecular complexity index is 516. The molecule has 0 radical (unpaired) electrons. The van der Waals surface area contributed by atoms with Gasteiger partial charge in [0.15, 0.2) is 0 Å². The zero-order valence-electron chi connectivity index (χ0n) is 10.7. The van der Waals surface area contributed by atoms with Crippen molar-refractivity contribution in [3.8, 4) is 0 Å². The first-order valence-corrected chi connectivity index (χ1v) is 7.99. The zero-order chi connectivity index (χ0) is 13.7. The molecular formula is C14H16BrFN2S. The van der Waals surface area contributed by atoms with E-state index in [1.54, 1.807) is 11.3 Å². The molecule has 2 rings (SSSR count). The third-order valence-corrected chi connectivity index (χ3v) is 4.23. The van der Waals surface area contributed by atoms with Gasteiger partial charge in [0.2, 0.25) is 0 Å². The number of rotatable bonds is 6. The Hall–Kier alpha value is -0.780. The minimum atomic E-state index is -0.220. The smallest absolute Gasteiger partial charge is 0.124 e. The Morgan fingerprint density at radius 2 is 2.32 bits per heavy atom. The van der Waals surface area contributed by atoms with Crippen molar-refractivity contribution in [2.75, 3.05) is 6.54 Å². The molecule has 0 aliphatic heterocycles. The first kappa shape index (κ1) is 14.6. The summed E-state index contributed by atoms with van der Waals surface area (Å²) in [5.74, 6) is -0.220. The van der Waals surface area contributed by atoms with Gasteiger partial charge in [-0.05, 0) is 37.1 Å². The van der Waals surface area contributed by atoms with E-state index in [2.05, 4.69) is 38.5 Å². The molecule has 0 saturated heterocycles. The predicted molar refractivity (Wildman–Crippen MR) is 81.0 cm³/mol. The molecule has 19 heavy (non-hydrogen) atoms. The zero-order valence-corrected chi connectivity index (χ0v) is 13.1. The van der Waals surface area contributed by atoms with Crippen LogP contribution in [0.2, 0.25) is 0 Å². The van der Waals surface area contributed by atoms with Crippen LogP contribution in [0.4, 0.5) is 4.39 Å². The minimum absolute atomic E-state index is 0.174. The van der Waals surface area contributed by atoms with Crippen molar-refractivity contribution in [2.45, 2.75) is 25.8 Å². The highest BCUT2D eigenvalue weighted by Crippen LogP contribution is 2.24. The Morgan fingerprint density at radius 3 is 2.95 bits per heavy atom. The van der Waals surface area contributed by atoms with Gasteiger partial charge in [-0.3, -0.25) is 0 Å². The number of hydrogen-bond donors (Lipinski definition) is 1. The number of hydrogen-bond acceptors (Lipinski definition) is 3. The first-order valence-electron chi connectivity index (χ1n) is 6.26. The van der Waals surface area contributed by atoms with Gasteiger partial charge in [0.1, 0.15) is 5.82 Å². The summed E-state index contributed by atoms with van der Waals surface area (Å²) in [5.41, 5.74) is 3.98. The van der Waals surface area contributed by atoms with E-state index in [0.717, 1.165) is 35.1 Å². The molecule has 0 aliphatic carbocycles. The van der Waals surface area contributed by atoms with Gasteiger partial charge < -0.3 is 5.32 Å². The van der Waals surface area contributed by atoms with Gasteiger partial charge in [-0.2, -0.15) is 0 Å². The molecule has 0 bridgehead atoms. The van der Waals surface area contributed by atoms with Crippen molar-refractivity contribution in [1.29, 1.82) is 0 Å². The van der Waals surface area contributed by atoms with Crippen LogP contribution in [0.1, 0.15) is 30.6 Å². The summed E-state index contributed by atoms with van der Waals surface area (Å²) in [6, 6.07) is 5.01. The van der Waals surface area contributed by atoms with Crippen LogP contribution in [0.25, 0.3) is 0 Å². The monoisotopic (exact) mass is 342 g/mol. The molecule has 0 spiro atoms. The highest BCUT2D eigenvalue weighted by atomic mass is 79.9. The largest absolute Gasteiger partial charge is 0.308 e. The Labute approximate surface area is 125 Å². The highest BCUT2D eigenvalue weighted by molar-refractivity contribution is 9.10. The third kappa shape index (κ3) is 4.09. The maximum absolute atomic E-state index is 13.1. The van der Waals surface area contributed by atoms with E-state index in [0.29, 0.717) is 0 Å². The van der Waals surface area contributed by atoms with Crippen LogP contribution in [0.5, 0.6) is 0 Å². The number of thiazole rings is 1. The van der Waals surface area contributed by atoms with Crippen molar-refractivity contribution in [2.24, 2.45) is 0 Å². The Balaban J connectivity index is 2.15. The fraction of sp³-hybridized carbons (Fsp3) is 0.357. The molecule has 2 aromatic rings. The minimum Gasteiger partial charge on any atom is -0.308 e. The fourth-order valence-corrected chi connectivity index (χ4v) is 3.02. The van der Waals surface area contributed by atoms with Gasteiger partial charge in [0.05, 0.1) is 17.2 Å². The summed E-state index contributed by atoms with van der Waals surface area (Å²) in [4.78, 5) is 4.38. The lowest BCUT2D eigenvalue weighted by Crippen LogP contribution is -2.24. The van der Waals surface area contributed by atoms with Crippen LogP contribution in [0.15, 0.2) is 33.6 Å². The lowest BCUT2D eigenvalue weighted by molar-refractivity contribution is 0.518. The number of nitrogens with one attached hydrogen (secondary N) is 1. The van der Waals surface area contributed by atoms with E-state index in [1.807, 2.05) is 11.6 Å². The second-order valence-electron chi connectivity index (χ2n) is 4.36. The molecule has 0 fully saturated rings. The number of benzene rings is 1. The van der Waals surface area contributed by atoms with E-state index < -0.39 is 0 Å². The Morgan fingerprint density at radius 1 is 1.47 bits per heavy atom. The topological polar surface area (TPSA) is 24.9 Å². The molecular weight excluding hydrogens is 327 g/mol. The normalized spacial score (nSPS) is 12.6. The van der Waals surface area contributed by atoms with Gasteiger partial charge in [-0.25, -0.2) is 9.37 Å². The van der Waals surface area contributed by atoms with Gasteiger partial charge in [0, 0.05) is 9.85 Å². The van der Waals surface area contributed by atoms with Crippen molar-refractivity contribution >= 4 is 27.3 Å². The highest BCUT2D eigenvalue weighted by Gasteiger charge is 2.15. The predicted octanol–water partition coefficient (Wildman–Crippen LogP) is 4.33. The van der Waals surface area contributed by atoms with E-state index in [9.17, 15) is 4.39 Å². The molecule has 5 heteroatoms. The molecule has 1 N–H and O–H groups in total. The van der Waals surface area contributed by atoms with E-state index in [4.69, 9.17) is 0 Å².